The summed E-state index contributed by atoms with van der Waals surface area (Å²) in [5.74, 6) is -1.41. The van der Waals surface area contributed by atoms with E-state index in [2.05, 4.69) is 16.0 Å². The van der Waals surface area contributed by atoms with Gasteiger partial charge in [0.05, 0.1) is 5.92 Å². The van der Waals surface area contributed by atoms with Crippen molar-refractivity contribution in [2.45, 2.75) is 38.6 Å². The SMILES string of the molecule is CC(CCNC(=O)NCCC(=O)NC1CC1)C(=O)O. The quantitative estimate of drug-likeness (QED) is 0.501. The molecule has 0 aromatic rings. The number of rotatable bonds is 8. The second-order valence-electron chi connectivity index (χ2n) is 4.80. The van der Waals surface area contributed by atoms with Crippen LogP contribution < -0.4 is 16.0 Å². The van der Waals surface area contributed by atoms with E-state index in [1.54, 1.807) is 6.92 Å². The first-order chi connectivity index (χ1) is 8.99. The first-order valence-corrected chi connectivity index (χ1v) is 6.53. The highest BCUT2D eigenvalue weighted by Crippen LogP contribution is 2.18. The number of hydrogen-bond acceptors (Lipinski definition) is 3. The number of carbonyl (C=O) groups is 3. The molecule has 0 aromatic carbocycles. The Bertz CT molecular complexity index is 342. The van der Waals surface area contributed by atoms with Crippen molar-refractivity contribution in [3.05, 3.63) is 0 Å². The van der Waals surface area contributed by atoms with Crippen LogP contribution in [-0.4, -0.2) is 42.1 Å². The molecule has 4 N–H and O–H groups in total. The number of amides is 3. The lowest BCUT2D eigenvalue weighted by Gasteiger charge is -2.09. The molecule has 108 valence electrons. The smallest absolute Gasteiger partial charge is 0.314 e. The molecule has 1 unspecified atom stereocenters. The molecule has 1 saturated carbocycles. The van der Waals surface area contributed by atoms with E-state index in [9.17, 15) is 14.4 Å². The Kier molecular flexibility index (Phi) is 6.11. The summed E-state index contributed by atoms with van der Waals surface area (Å²) in [5, 5.41) is 16.6. The van der Waals surface area contributed by atoms with Crippen LogP contribution >= 0.6 is 0 Å². The first kappa shape index (κ1) is 15.3. The van der Waals surface area contributed by atoms with Crippen molar-refractivity contribution in [2.24, 2.45) is 5.92 Å². The van der Waals surface area contributed by atoms with E-state index in [1.807, 2.05) is 0 Å². The number of carboxylic acids is 1. The Morgan fingerprint density at radius 1 is 1.21 bits per heavy atom. The Morgan fingerprint density at radius 2 is 1.84 bits per heavy atom. The van der Waals surface area contributed by atoms with Gasteiger partial charge in [-0.05, 0) is 19.3 Å². The highest BCUT2D eigenvalue weighted by atomic mass is 16.4. The third-order valence-electron chi connectivity index (χ3n) is 2.86. The Balaban J connectivity index is 1.97. The van der Waals surface area contributed by atoms with Crippen molar-refractivity contribution in [2.75, 3.05) is 13.1 Å². The first-order valence-electron chi connectivity index (χ1n) is 6.53. The molecular formula is C12H21N3O4. The lowest BCUT2D eigenvalue weighted by atomic mass is 10.1. The van der Waals surface area contributed by atoms with Crippen molar-refractivity contribution in [1.29, 1.82) is 0 Å². The number of carboxylic acid groups (broad SMARTS) is 1. The Hall–Kier alpha value is -1.79. The molecule has 1 aliphatic carbocycles. The fourth-order valence-electron chi connectivity index (χ4n) is 1.41. The maximum Gasteiger partial charge on any atom is 0.314 e. The van der Waals surface area contributed by atoms with Gasteiger partial charge in [-0.1, -0.05) is 6.92 Å². The minimum Gasteiger partial charge on any atom is -0.481 e. The molecule has 1 atom stereocenters. The van der Waals surface area contributed by atoms with Crippen LogP contribution in [-0.2, 0) is 9.59 Å². The number of urea groups is 1. The fourth-order valence-corrected chi connectivity index (χ4v) is 1.41. The Morgan fingerprint density at radius 3 is 2.42 bits per heavy atom. The van der Waals surface area contributed by atoms with Crippen LogP contribution in [0.15, 0.2) is 0 Å². The number of nitrogens with one attached hydrogen (secondary N) is 3. The van der Waals surface area contributed by atoms with E-state index in [0.29, 0.717) is 19.0 Å². The minimum atomic E-state index is -0.876. The van der Waals surface area contributed by atoms with Gasteiger partial charge in [0.2, 0.25) is 5.91 Å². The maximum absolute atomic E-state index is 11.3. The molecule has 0 saturated heterocycles. The van der Waals surface area contributed by atoms with Gasteiger partial charge in [-0.3, -0.25) is 9.59 Å². The summed E-state index contributed by atoms with van der Waals surface area (Å²) in [6.45, 7) is 2.16. The molecule has 19 heavy (non-hydrogen) atoms. The standard InChI is InChI=1S/C12H21N3O4/c1-8(11(17)18)4-6-13-12(19)14-7-5-10(16)15-9-2-3-9/h8-9H,2-7H2,1H3,(H,15,16)(H,17,18)(H2,13,14,19). The van der Waals surface area contributed by atoms with E-state index in [1.165, 1.54) is 0 Å². The van der Waals surface area contributed by atoms with Crippen LogP contribution in [0.25, 0.3) is 0 Å². The molecule has 0 aliphatic heterocycles. The largest absolute Gasteiger partial charge is 0.481 e. The van der Waals surface area contributed by atoms with Crippen LogP contribution in [0.5, 0.6) is 0 Å². The molecular weight excluding hydrogens is 250 g/mol. The van der Waals surface area contributed by atoms with Crippen LogP contribution in [0, 0.1) is 5.92 Å². The molecule has 1 rings (SSSR count). The van der Waals surface area contributed by atoms with Crippen LogP contribution in [0.1, 0.15) is 32.6 Å². The van der Waals surface area contributed by atoms with Crippen molar-refractivity contribution < 1.29 is 19.5 Å². The maximum atomic E-state index is 11.3. The summed E-state index contributed by atoms with van der Waals surface area (Å²) < 4.78 is 0. The van der Waals surface area contributed by atoms with Crippen molar-refractivity contribution in [3.63, 3.8) is 0 Å². The second-order valence-corrected chi connectivity index (χ2v) is 4.80. The molecule has 1 aliphatic rings. The zero-order valence-electron chi connectivity index (χ0n) is 11.1. The topological polar surface area (TPSA) is 108 Å². The monoisotopic (exact) mass is 271 g/mol. The predicted octanol–water partition coefficient (Wildman–Crippen LogP) is 0.0651. The summed E-state index contributed by atoms with van der Waals surface area (Å²) in [6, 6.07) is -0.0457. The van der Waals surface area contributed by atoms with E-state index >= 15 is 0 Å². The van der Waals surface area contributed by atoms with Gasteiger partial charge in [0, 0.05) is 25.6 Å². The summed E-state index contributed by atoms with van der Waals surface area (Å²) in [4.78, 5) is 33.2. The fraction of sp³-hybridized carbons (Fsp3) is 0.750. The van der Waals surface area contributed by atoms with Crippen LogP contribution in [0.2, 0.25) is 0 Å². The number of carbonyl (C=O) groups excluding carboxylic acids is 2. The van der Waals surface area contributed by atoms with Crippen LogP contribution in [0.4, 0.5) is 4.79 Å². The van der Waals surface area contributed by atoms with Gasteiger partial charge in [-0.2, -0.15) is 0 Å². The van der Waals surface area contributed by atoms with Gasteiger partial charge in [0.1, 0.15) is 0 Å². The molecule has 3 amide bonds. The lowest BCUT2D eigenvalue weighted by Crippen LogP contribution is -2.39. The minimum absolute atomic E-state index is 0.0534. The summed E-state index contributed by atoms with van der Waals surface area (Å²) in [6.07, 6.45) is 2.73. The van der Waals surface area contributed by atoms with Crippen molar-refractivity contribution in [1.82, 2.24) is 16.0 Å². The third kappa shape index (κ3) is 7.28. The number of hydrogen-bond donors (Lipinski definition) is 4. The summed E-state index contributed by atoms with van der Waals surface area (Å²) in [5.41, 5.74) is 0. The predicted molar refractivity (Wildman–Crippen MR) is 68.6 cm³/mol. The molecule has 7 nitrogen and oxygen atoms in total. The second kappa shape index (κ2) is 7.60. The highest BCUT2D eigenvalue weighted by molar-refractivity contribution is 5.78. The van der Waals surface area contributed by atoms with Gasteiger partial charge in [0.15, 0.2) is 0 Å². The molecule has 0 radical (unpaired) electrons. The van der Waals surface area contributed by atoms with E-state index in [4.69, 9.17) is 5.11 Å². The van der Waals surface area contributed by atoms with Gasteiger partial charge < -0.3 is 21.1 Å². The average molecular weight is 271 g/mol. The third-order valence-corrected chi connectivity index (χ3v) is 2.86. The van der Waals surface area contributed by atoms with E-state index in [0.717, 1.165) is 12.8 Å². The lowest BCUT2D eigenvalue weighted by molar-refractivity contribution is -0.141. The zero-order chi connectivity index (χ0) is 14.3. The summed E-state index contributed by atoms with van der Waals surface area (Å²) in [7, 11) is 0. The molecule has 0 heterocycles. The zero-order valence-corrected chi connectivity index (χ0v) is 11.1. The normalized spacial score (nSPS) is 15.4. The molecule has 0 aromatic heterocycles. The molecule has 0 spiro atoms. The van der Waals surface area contributed by atoms with Crippen molar-refractivity contribution in [3.8, 4) is 0 Å². The number of aliphatic carboxylic acids is 1. The Labute approximate surface area is 112 Å². The van der Waals surface area contributed by atoms with E-state index in [-0.39, 0.29) is 24.9 Å². The van der Waals surface area contributed by atoms with Crippen LogP contribution in [0.3, 0.4) is 0 Å². The molecule has 1 fully saturated rings. The van der Waals surface area contributed by atoms with Gasteiger partial charge in [0.25, 0.3) is 0 Å². The highest BCUT2D eigenvalue weighted by Gasteiger charge is 2.22. The van der Waals surface area contributed by atoms with Crippen molar-refractivity contribution >= 4 is 17.9 Å². The molecule has 7 heteroatoms. The average Bonchev–Trinajstić information content (AvgIpc) is 3.12. The van der Waals surface area contributed by atoms with E-state index < -0.39 is 11.9 Å². The molecule has 0 bridgehead atoms. The van der Waals surface area contributed by atoms with Gasteiger partial charge in [-0.25, -0.2) is 4.79 Å². The summed E-state index contributed by atoms with van der Waals surface area (Å²) >= 11 is 0. The van der Waals surface area contributed by atoms with Gasteiger partial charge in [-0.15, -0.1) is 0 Å². The van der Waals surface area contributed by atoms with Gasteiger partial charge >= 0.3 is 12.0 Å².